The summed E-state index contributed by atoms with van der Waals surface area (Å²) < 4.78 is 5.05. The minimum atomic E-state index is -0.687. The number of ether oxygens (including phenoxy) is 1. The van der Waals surface area contributed by atoms with Crippen molar-refractivity contribution in [3.05, 3.63) is 29.3 Å². The molecule has 21 heavy (non-hydrogen) atoms. The third-order valence-corrected chi connectivity index (χ3v) is 5.40. The first-order valence-electron chi connectivity index (χ1n) is 7.30. The van der Waals surface area contributed by atoms with Crippen LogP contribution in [-0.4, -0.2) is 29.0 Å². The number of hydrogen-bond acceptors (Lipinski definition) is 4. The number of carbonyl (C=O) groups excluding carboxylic acids is 1. The number of esters is 1. The summed E-state index contributed by atoms with van der Waals surface area (Å²) >= 11 is 7.49. The van der Waals surface area contributed by atoms with Crippen molar-refractivity contribution in [3.8, 4) is 0 Å². The van der Waals surface area contributed by atoms with Crippen LogP contribution >= 0.6 is 23.4 Å². The minimum Gasteiger partial charge on any atom is -0.466 e. The number of rotatable bonds is 5. The zero-order valence-electron chi connectivity index (χ0n) is 12.2. The van der Waals surface area contributed by atoms with Crippen molar-refractivity contribution < 1.29 is 14.6 Å². The van der Waals surface area contributed by atoms with Crippen LogP contribution in [0.4, 0.5) is 0 Å². The fourth-order valence-electron chi connectivity index (χ4n) is 2.54. The molecular weight excluding hydrogens is 308 g/mol. The van der Waals surface area contributed by atoms with Crippen molar-refractivity contribution in [2.45, 2.75) is 43.1 Å². The summed E-state index contributed by atoms with van der Waals surface area (Å²) in [6, 6.07) is 7.62. The Bertz CT molecular complexity index is 467. The van der Waals surface area contributed by atoms with E-state index in [9.17, 15) is 9.90 Å². The van der Waals surface area contributed by atoms with Gasteiger partial charge in [0.25, 0.3) is 0 Å². The highest BCUT2D eigenvalue weighted by molar-refractivity contribution is 7.99. The van der Waals surface area contributed by atoms with Crippen LogP contribution in [0.3, 0.4) is 0 Å². The topological polar surface area (TPSA) is 46.5 Å². The van der Waals surface area contributed by atoms with E-state index in [4.69, 9.17) is 16.3 Å². The molecule has 1 aromatic carbocycles. The first-order valence-corrected chi connectivity index (χ1v) is 8.66. The SMILES string of the molecule is CCOC(=O)C1CCC(O)(CSc2ccc(Cl)cc2)CC1. The van der Waals surface area contributed by atoms with E-state index in [1.165, 1.54) is 0 Å². The van der Waals surface area contributed by atoms with Gasteiger partial charge in [0.2, 0.25) is 0 Å². The van der Waals surface area contributed by atoms with E-state index in [0.717, 1.165) is 4.90 Å². The number of benzene rings is 1. The van der Waals surface area contributed by atoms with Gasteiger partial charge in [0, 0.05) is 15.7 Å². The van der Waals surface area contributed by atoms with E-state index in [-0.39, 0.29) is 11.9 Å². The maximum absolute atomic E-state index is 11.7. The highest BCUT2D eigenvalue weighted by Gasteiger charge is 2.36. The molecule has 3 nitrogen and oxygen atoms in total. The summed E-state index contributed by atoms with van der Waals surface area (Å²) in [6.45, 7) is 2.24. The molecule has 0 aliphatic heterocycles. The van der Waals surface area contributed by atoms with Gasteiger partial charge in [0.1, 0.15) is 0 Å². The molecule has 1 saturated carbocycles. The molecule has 0 unspecified atom stereocenters. The van der Waals surface area contributed by atoms with E-state index in [1.807, 2.05) is 31.2 Å². The number of halogens is 1. The molecule has 1 aliphatic rings. The third-order valence-electron chi connectivity index (χ3n) is 3.86. The quantitative estimate of drug-likeness (QED) is 0.657. The minimum absolute atomic E-state index is 0.0502. The second kappa shape index (κ2) is 7.52. The monoisotopic (exact) mass is 328 g/mol. The molecule has 0 saturated heterocycles. The van der Waals surface area contributed by atoms with E-state index in [0.29, 0.717) is 43.1 Å². The van der Waals surface area contributed by atoms with Crippen molar-refractivity contribution in [2.75, 3.05) is 12.4 Å². The Kier molecular flexibility index (Phi) is 5.97. The van der Waals surface area contributed by atoms with Gasteiger partial charge in [-0.25, -0.2) is 0 Å². The van der Waals surface area contributed by atoms with Crippen molar-refractivity contribution in [1.82, 2.24) is 0 Å². The largest absolute Gasteiger partial charge is 0.466 e. The average molecular weight is 329 g/mol. The van der Waals surface area contributed by atoms with Gasteiger partial charge in [-0.1, -0.05) is 11.6 Å². The predicted molar refractivity (Wildman–Crippen MR) is 85.7 cm³/mol. The van der Waals surface area contributed by atoms with Crippen LogP contribution in [-0.2, 0) is 9.53 Å². The van der Waals surface area contributed by atoms with E-state index in [1.54, 1.807) is 11.8 Å². The van der Waals surface area contributed by atoms with Crippen LogP contribution in [0.1, 0.15) is 32.6 Å². The third kappa shape index (κ3) is 4.90. The molecule has 0 amide bonds. The number of aliphatic hydroxyl groups is 1. The summed E-state index contributed by atoms with van der Waals surface area (Å²) in [6.07, 6.45) is 2.71. The Morgan fingerprint density at radius 1 is 1.38 bits per heavy atom. The molecule has 0 heterocycles. The smallest absolute Gasteiger partial charge is 0.308 e. The lowest BCUT2D eigenvalue weighted by Gasteiger charge is -2.34. The van der Waals surface area contributed by atoms with Crippen LogP contribution in [0, 0.1) is 5.92 Å². The molecule has 1 N–H and O–H groups in total. The second-order valence-electron chi connectivity index (χ2n) is 5.49. The highest BCUT2D eigenvalue weighted by Crippen LogP contribution is 2.36. The van der Waals surface area contributed by atoms with Gasteiger partial charge in [0.15, 0.2) is 0 Å². The fraction of sp³-hybridized carbons (Fsp3) is 0.562. The molecule has 5 heteroatoms. The van der Waals surface area contributed by atoms with Gasteiger partial charge in [-0.15, -0.1) is 11.8 Å². The lowest BCUT2D eigenvalue weighted by atomic mass is 9.80. The van der Waals surface area contributed by atoms with Crippen molar-refractivity contribution in [3.63, 3.8) is 0 Å². The summed E-state index contributed by atoms with van der Waals surface area (Å²) in [5.74, 6) is 0.472. The standard InChI is InChI=1S/C16H21ClO3S/c1-2-20-15(18)12-7-9-16(19,10-8-12)11-21-14-5-3-13(17)4-6-14/h3-6,12,19H,2,7-11H2,1H3. The molecule has 1 aliphatic carbocycles. The number of hydrogen-bond donors (Lipinski definition) is 1. The van der Waals surface area contributed by atoms with Gasteiger partial charge < -0.3 is 9.84 Å². The van der Waals surface area contributed by atoms with Gasteiger partial charge in [0.05, 0.1) is 18.1 Å². The van der Waals surface area contributed by atoms with Crippen LogP contribution in [0.2, 0.25) is 5.02 Å². The van der Waals surface area contributed by atoms with Gasteiger partial charge in [-0.2, -0.15) is 0 Å². The first-order chi connectivity index (χ1) is 10.0. The van der Waals surface area contributed by atoms with Crippen molar-refractivity contribution in [1.29, 1.82) is 0 Å². The van der Waals surface area contributed by atoms with Gasteiger partial charge >= 0.3 is 5.97 Å². The molecule has 0 bridgehead atoms. The van der Waals surface area contributed by atoms with E-state index in [2.05, 4.69) is 0 Å². The first kappa shape index (κ1) is 16.7. The Balaban J connectivity index is 1.82. The van der Waals surface area contributed by atoms with Crippen LogP contribution in [0.5, 0.6) is 0 Å². The lowest BCUT2D eigenvalue weighted by molar-refractivity contribution is -0.150. The molecule has 1 fully saturated rings. The Hall–Kier alpha value is -0.710. The van der Waals surface area contributed by atoms with Crippen LogP contribution in [0.25, 0.3) is 0 Å². The highest BCUT2D eigenvalue weighted by atomic mass is 35.5. The van der Waals surface area contributed by atoms with Crippen molar-refractivity contribution in [2.24, 2.45) is 5.92 Å². The average Bonchev–Trinajstić information content (AvgIpc) is 2.48. The Morgan fingerprint density at radius 2 is 2.00 bits per heavy atom. The molecule has 2 rings (SSSR count). The van der Waals surface area contributed by atoms with E-state index >= 15 is 0 Å². The van der Waals surface area contributed by atoms with Gasteiger partial charge in [-0.3, -0.25) is 4.79 Å². The summed E-state index contributed by atoms with van der Waals surface area (Å²) in [4.78, 5) is 12.8. The van der Waals surface area contributed by atoms with E-state index < -0.39 is 5.60 Å². The van der Waals surface area contributed by atoms with Crippen LogP contribution in [0.15, 0.2) is 29.2 Å². The summed E-state index contributed by atoms with van der Waals surface area (Å²) in [7, 11) is 0. The summed E-state index contributed by atoms with van der Waals surface area (Å²) in [5.41, 5.74) is -0.687. The molecule has 116 valence electrons. The molecular formula is C16H21ClO3S. The normalized spacial score (nSPS) is 25.6. The molecule has 0 radical (unpaired) electrons. The molecule has 0 spiro atoms. The maximum Gasteiger partial charge on any atom is 0.308 e. The Morgan fingerprint density at radius 3 is 2.57 bits per heavy atom. The molecule has 0 atom stereocenters. The molecule has 0 aromatic heterocycles. The predicted octanol–water partition coefficient (Wildman–Crippen LogP) is 3.92. The van der Waals surface area contributed by atoms with Gasteiger partial charge in [-0.05, 0) is 56.9 Å². The zero-order valence-corrected chi connectivity index (χ0v) is 13.8. The fourth-order valence-corrected chi connectivity index (χ4v) is 3.72. The molecule has 1 aromatic rings. The van der Waals surface area contributed by atoms with Crippen molar-refractivity contribution >= 4 is 29.3 Å². The zero-order chi connectivity index (χ0) is 15.3. The van der Waals surface area contributed by atoms with Crippen LogP contribution < -0.4 is 0 Å². The number of thioether (sulfide) groups is 1. The maximum atomic E-state index is 11.7. The second-order valence-corrected chi connectivity index (χ2v) is 6.98. The number of carbonyl (C=O) groups is 1. The Labute approximate surface area is 135 Å². The summed E-state index contributed by atoms with van der Waals surface area (Å²) in [5, 5.41) is 11.3. The lowest BCUT2D eigenvalue weighted by Crippen LogP contribution is -2.38.